The van der Waals surface area contributed by atoms with Crippen LogP contribution in [0.4, 0.5) is 10.3 Å². The first-order valence-corrected chi connectivity index (χ1v) is 6.01. The lowest BCUT2D eigenvalue weighted by Crippen LogP contribution is -2.11. The topological polar surface area (TPSA) is 82.3 Å². The number of nitrogen functional groups attached to an aromatic ring is 1. The summed E-state index contributed by atoms with van der Waals surface area (Å²) in [5.41, 5.74) is 3.31. The Morgan fingerprint density at radius 3 is 2.80 bits per heavy atom. The first-order valence-electron chi connectivity index (χ1n) is 6.01. The SMILES string of the molecule is CCc1ccc(Oc2nc(NN)ncc2F)c(OC)c1. The lowest BCUT2D eigenvalue weighted by molar-refractivity contribution is 0.363. The van der Waals surface area contributed by atoms with E-state index in [1.807, 2.05) is 19.1 Å². The van der Waals surface area contributed by atoms with E-state index in [9.17, 15) is 4.39 Å². The molecule has 20 heavy (non-hydrogen) atoms. The second-order valence-electron chi connectivity index (χ2n) is 3.93. The van der Waals surface area contributed by atoms with Crippen LogP contribution in [0.2, 0.25) is 0 Å². The van der Waals surface area contributed by atoms with Crippen LogP contribution in [0.3, 0.4) is 0 Å². The standard InChI is InChI=1S/C13H15FN4O2/c1-3-8-4-5-10(11(6-8)19-2)20-12-9(14)7-16-13(17-12)18-15/h4-7H,3,15H2,1-2H3,(H,16,17,18). The predicted octanol–water partition coefficient (Wildman–Crippen LogP) is 2.26. The zero-order valence-electron chi connectivity index (χ0n) is 11.2. The number of anilines is 1. The van der Waals surface area contributed by atoms with Crippen molar-refractivity contribution >= 4 is 5.95 Å². The van der Waals surface area contributed by atoms with E-state index in [-0.39, 0.29) is 11.8 Å². The Morgan fingerprint density at radius 2 is 2.15 bits per heavy atom. The average molecular weight is 278 g/mol. The molecule has 0 fully saturated rings. The van der Waals surface area contributed by atoms with Crippen LogP contribution in [0.5, 0.6) is 17.4 Å². The van der Waals surface area contributed by atoms with E-state index in [0.717, 1.165) is 18.2 Å². The molecule has 0 bridgehead atoms. The highest BCUT2D eigenvalue weighted by molar-refractivity contribution is 5.45. The first-order chi connectivity index (χ1) is 9.67. The molecule has 0 atom stereocenters. The van der Waals surface area contributed by atoms with Crippen molar-refractivity contribution in [1.29, 1.82) is 0 Å². The molecule has 0 aliphatic heterocycles. The van der Waals surface area contributed by atoms with Gasteiger partial charge in [-0.15, -0.1) is 0 Å². The van der Waals surface area contributed by atoms with Gasteiger partial charge >= 0.3 is 0 Å². The molecule has 3 N–H and O–H groups in total. The average Bonchev–Trinajstić information content (AvgIpc) is 2.49. The van der Waals surface area contributed by atoms with Crippen LogP contribution in [0, 0.1) is 5.82 Å². The van der Waals surface area contributed by atoms with Gasteiger partial charge in [-0.1, -0.05) is 13.0 Å². The van der Waals surface area contributed by atoms with Crippen LogP contribution in [0.25, 0.3) is 0 Å². The zero-order valence-corrected chi connectivity index (χ0v) is 11.2. The molecule has 7 heteroatoms. The van der Waals surface area contributed by atoms with Gasteiger partial charge in [0.2, 0.25) is 11.8 Å². The van der Waals surface area contributed by atoms with E-state index in [1.165, 1.54) is 7.11 Å². The molecule has 0 saturated heterocycles. The summed E-state index contributed by atoms with van der Waals surface area (Å²) in [6.07, 6.45) is 1.84. The van der Waals surface area contributed by atoms with Crippen molar-refractivity contribution in [1.82, 2.24) is 9.97 Å². The number of nitrogens with zero attached hydrogens (tertiary/aromatic N) is 2. The van der Waals surface area contributed by atoms with Crippen LogP contribution in [-0.2, 0) is 6.42 Å². The fourth-order valence-electron chi connectivity index (χ4n) is 1.61. The number of aromatic nitrogens is 2. The lowest BCUT2D eigenvalue weighted by atomic mass is 10.1. The highest BCUT2D eigenvalue weighted by Gasteiger charge is 2.12. The fourth-order valence-corrected chi connectivity index (χ4v) is 1.61. The number of hydrazine groups is 1. The van der Waals surface area contributed by atoms with Crippen molar-refractivity contribution in [2.75, 3.05) is 12.5 Å². The lowest BCUT2D eigenvalue weighted by Gasteiger charge is -2.11. The molecular weight excluding hydrogens is 263 g/mol. The maximum absolute atomic E-state index is 13.6. The highest BCUT2D eigenvalue weighted by atomic mass is 19.1. The summed E-state index contributed by atoms with van der Waals surface area (Å²) in [4.78, 5) is 7.44. The molecular formula is C13H15FN4O2. The van der Waals surface area contributed by atoms with Crippen LogP contribution in [-0.4, -0.2) is 17.1 Å². The predicted molar refractivity (Wildman–Crippen MR) is 72.2 cm³/mol. The van der Waals surface area contributed by atoms with E-state index in [1.54, 1.807) is 6.07 Å². The monoisotopic (exact) mass is 278 g/mol. The number of nitrogens with two attached hydrogens (primary N) is 1. The molecule has 0 spiro atoms. The number of hydrogen-bond acceptors (Lipinski definition) is 6. The van der Waals surface area contributed by atoms with Gasteiger partial charge < -0.3 is 9.47 Å². The molecule has 0 unspecified atom stereocenters. The van der Waals surface area contributed by atoms with E-state index >= 15 is 0 Å². The van der Waals surface area contributed by atoms with Crippen LogP contribution < -0.4 is 20.7 Å². The molecule has 2 rings (SSSR count). The number of methoxy groups -OCH3 is 1. The highest BCUT2D eigenvalue weighted by Crippen LogP contribution is 2.32. The van der Waals surface area contributed by atoms with E-state index in [0.29, 0.717) is 11.5 Å². The quantitative estimate of drug-likeness (QED) is 0.645. The number of hydrogen-bond donors (Lipinski definition) is 2. The van der Waals surface area contributed by atoms with Gasteiger partial charge in [0, 0.05) is 0 Å². The Kier molecular flexibility index (Phi) is 4.31. The maximum atomic E-state index is 13.6. The Hall–Kier alpha value is -2.41. The van der Waals surface area contributed by atoms with Gasteiger partial charge in [0.05, 0.1) is 13.3 Å². The Morgan fingerprint density at radius 1 is 1.35 bits per heavy atom. The van der Waals surface area contributed by atoms with Gasteiger partial charge in [-0.25, -0.2) is 10.8 Å². The summed E-state index contributed by atoms with van der Waals surface area (Å²) in [6.45, 7) is 2.03. The fraction of sp³-hybridized carbons (Fsp3) is 0.231. The van der Waals surface area contributed by atoms with Crippen molar-refractivity contribution < 1.29 is 13.9 Å². The van der Waals surface area contributed by atoms with Gasteiger partial charge in [0.1, 0.15) is 0 Å². The third-order valence-electron chi connectivity index (χ3n) is 2.68. The van der Waals surface area contributed by atoms with E-state index < -0.39 is 5.82 Å². The third-order valence-corrected chi connectivity index (χ3v) is 2.68. The Balaban J connectivity index is 2.34. The molecule has 6 nitrogen and oxygen atoms in total. The molecule has 0 saturated carbocycles. The Labute approximate surface area is 115 Å². The largest absolute Gasteiger partial charge is 0.493 e. The minimum atomic E-state index is -0.689. The van der Waals surface area contributed by atoms with Crippen molar-refractivity contribution in [2.45, 2.75) is 13.3 Å². The maximum Gasteiger partial charge on any atom is 0.261 e. The number of halogens is 1. The minimum Gasteiger partial charge on any atom is -0.493 e. The van der Waals surface area contributed by atoms with Gasteiger partial charge in [-0.05, 0) is 24.1 Å². The Bertz CT molecular complexity index is 607. The van der Waals surface area contributed by atoms with E-state index in [2.05, 4.69) is 15.4 Å². The first kappa shape index (κ1) is 14.0. The molecule has 0 amide bonds. The molecule has 0 aliphatic rings. The third kappa shape index (κ3) is 2.94. The number of aryl methyl sites for hydroxylation is 1. The van der Waals surface area contributed by atoms with Crippen LogP contribution in [0.1, 0.15) is 12.5 Å². The van der Waals surface area contributed by atoms with Crippen LogP contribution in [0.15, 0.2) is 24.4 Å². The van der Waals surface area contributed by atoms with Crippen LogP contribution >= 0.6 is 0 Å². The van der Waals surface area contributed by atoms with Crippen molar-refractivity contribution in [3.63, 3.8) is 0 Å². The second-order valence-corrected chi connectivity index (χ2v) is 3.93. The van der Waals surface area contributed by atoms with Crippen molar-refractivity contribution in [3.8, 4) is 17.4 Å². The molecule has 1 aromatic heterocycles. The summed E-state index contributed by atoms with van der Waals surface area (Å²) >= 11 is 0. The summed E-state index contributed by atoms with van der Waals surface area (Å²) in [6, 6.07) is 5.41. The van der Waals surface area contributed by atoms with Crippen molar-refractivity contribution in [2.24, 2.45) is 5.84 Å². The normalized spacial score (nSPS) is 10.2. The summed E-state index contributed by atoms with van der Waals surface area (Å²) < 4.78 is 24.3. The smallest absolute Gasteiger partial charge is 0.261 e. The molecule has 0 radical (unpaired) electrons. The van der Waals surface area contributed by atoms with E-state index in [4.69, 9.17) is 15.3 Å². The zero-order chi connectivity index (χ0) is 14.5. The van der Waals surface area contributed by atoms with Crippen molar-refractivity contribution in [3.05, 3.63) is 35.8 Å². The van der Waals surface area contributed by atoms with Gasteiger partial charge in [-0.3, -0.25) is 5.43 Å². The molecule has 1 heterocycles. The second kappa shape index (κ2) is 6.16. The number of nitrogens with one attached hydrogen (secondary N) is 1. The molecule has 0 aliphatic carbocycles. The summed E-state index contributed by atoms with van der Waals surface area (Å²) in [7, 11) is 1.52. The number of rotatable bonds is 5. The van der Waals surface area contributed by atoms with Gasteiger partial charge in [-0.2, -0.15) is 9.37 Å². The summed E-state index contributed by atoms with van der Waals surface area (Å²) in [5, 5.41) is 0. The summed E-state index contributed by atoms with van der Waals surface area (Å²) in [5.74, 6) is 5.19. The number of ether oxygens (including phenoxy) is 2. The van der Waals surface area contributed by atoms with Gasteiger partial charge in [0.15, 0.2) is 11.5 Å². The molecule has 106 valence electrons. The molecule has 1 aromatic carbocycles. The number of benzene rings is 1. The molecule has 2 aromatic rings. The minimum absolute atomic E-state index is 0.0607. The van der Waals surface area contributed by atoms with Gasteiger partial charge in [0.25, 0.3) is 5.88 Å².